The first kappa shape index (κ1) is 12.4. The fraction of sp³-hybridized carbons (Fsp3) is 0.643. The van der Waals surface area contributed by atoms with E-state index in [0.29, 0.717) is 12.0 Å². The number of ether oxygens (including phenoxy) is 1. The summed E-state index contributed by atoms with van der Waals surface area (Å²) in [6.07, 6.45) is 8.52. The van der Waals surface area contributed by atoms with Crippen molar-refractivity contribution < 1.29 is 4.74 Å². The van der Waals surface area contributed by atoms with Crippen LogP contribution in [0.5, 0.6) is 5.75 Å². The molecule has 0 aliphatic heterocycles. The Hall–Kier alpha value is -1.09. The fourth-order valence-electron chi connectivity index (χ4n) is 2.87. The highest BCUT2D eigenvalue weighted by Crippen LogP contribution is 2.36. The van der Waals surface area contributed by atoms with Crippen LogP contribution in [0, 0.1) is 5.92 Å². The Morgan fingerprint density at radius 1 is 1.35 bits per heavy atom. The molecule has 1 aliphatic rings. The highest BCUT2D eigenvalue weighted by Gasteiger charge is 2.26. The second kappa shape index (κ2) is 6.01. The second-order valence-corrected chi connectivity index (χ2v) is 4.76. The largest absolute Gasteiger partial charge is 0.495 e. The van der Waals surface area contributed by atoms with Crippen LogP contribution in [-0.4, -0.2) is 19.1 Å². The Morgan fingerprint density at radius 3 is 2.76 bits per heavy atom. The van der Waals surface area contributed by atoms with Gasteiger partial charge in [0.05, 0.1) is 18.8 Å². The average Bonchev–Trinajstić information content (AvgIpc) is 2.41. The Bertz CT molecular complexity index is 348. The summed E-state index contributed by atoms with van der Waals surface area (Å²) in [6, 6.07) is 4.25. The summed E-state index contributed by atoms with van der Waals surface area (Å²) in [5.74, 6) is 1.59. The van der Waals surface area contributed by atoms with E-state index >= 15 is 0 Å². The van der Waals surface area contributed by atoms with Gasteiger partial charge in [-0.05, 0) is 37.9 Å². The van der Waals surface area contributed by atoms with Gasteiger partial charge < -0.3 is 10.1 Å². The third-order valence-electron chi connectivity index (χ3n) is 3.75. The first-order valence-electron chi connectivity index (χ1n) is 6.53. The molecule has 1 aromatic heterocycles. The van der Waals surface area contributed by atoms with E-state index in [1.165, 1.54) is 32.1 Å². The van der Waals surface area contributed by atoms with Crippen molar-refractivity contribution >= 4 is 0 Å². The molecule has 0 radical (unpaired) electrons. The molecular formula is C14H22N2O. The van der Waals surface area contributed by atoms with Crippen LogP contribution in [0.25, 0.3) is 0 Å². The molecule has 1 N–H and O–H groups in total. The van der Waals surface area contributed by atoms with Crippen molar-refractivity contribution in [2.75, 3.05) is 14.2 Å². The van der Waals surface area contributed by atoms with Crippen molar-refractivity contribution in [2.45, 2.75) is 38.1 Å². The molecule has 2 rings (SSSR count). The third kappa shape index (κ3) is 2.78. The Kier molecular flexibility index (Phi) is 4.37. The van der Waals surface area contributed by atoms with Crippen molar-refractivity contribution in [3.05, 3.63) is 24.0 Å². The van der Waals surface area contributed by atoms with Gasteiger partial charge in [0.1, 0.15) is 5.75 Å². The zero-order valence-corrected chi connectivity index (χ0v) is 10.8. The summed E-state index contributed by atoms with van der Waals surface area (Å²) in [4.78, 5) is 4.51. The molecule has 1 saturated carbocycles. The minimum Gasteiger partial charge on any atom is -0.495 e. The molecule has 0 saturated heterocycles. The van der Waals surface area contributed by atoms with Crippen LogP contribution in [-0.2, 0) is 0 Å². The van der Waals surface area contributed by atoms with Crippen molar-refractivity contribution in [1.29, 1.82) is 0 Å². The molecule has 1 aromatic rings. The molecule has 1 heterocycles. The molecular weight excluding hydrogens is 212 g/mol. The smallest absolute Gasteiger partial charge is 0.141 e. The molecule has 17 heavy (non-hydrogen) atoms. The highest BCUT2D eigenvalue weighted by molar-refractivity contribution is 5.30. The number of aromatic nitrogens is 1. The number of hydrogen-bond donors (Lipinski definition) is 1. The van der Waals surface area contributed by atoms with E-state index in [4.69, 9.17) is 4.74 Å². The summed E-state index contributed by atoms with van der Waals surface area (Å²) in [5, 5.41) is 3.42. The van der Waals surface area contributed by atoms with Crippen LogP contribution in [0.3, 0.4) is 0 Å². The van der Waals surface area contributed by atoms with Gasteiger partial charge in [-0.15, -0.1) is 0 Å². The summed E-state index contributed by atoms with van der Waals surface area (Å²) in [7, 11) is 3.74. The van der Waals surface area contributed by atoms with Crippen LogP contribution >= 0.6 is 0 Å². The van der Waals surface area contributed by atoms with Crippen molar-refractivity contribution in [3.63, 3.8) is 0 Å². The topological polar surface area (TPSA) is 34.2 Å². The maximum atomic E-state index is 5.42. The molecule has 1 unspecified atom stereocenters. The lowest BCUT2D eigenvalue weighted by Crippen LogP contribution is -2.28. The SMILES string of the molecule is CNC(c1ncccc1OC)C1CCCCC1. The lowest BCUT2D eigenvalue weighted by atomic mass is 9.82. The van der Waals surface area contributed by atoms with Gasteiger partial charge in [-0.25, -0.2) is 0 Å². The predicted molar refractivity (Wildman–Crippen MR) is 69.2 cm³/mol. The van der Waals surface area contributed by atoms with Crippen LogP contribution in [0.1, 0.15) is 43.8 Å². The van der Waals surface area contributed by atoms with E-state index < -0.39 is 0 Å². The standard InChI is InChI=1S/C14H22N2O/c1-15-13(11-7-4-3-5-8-11)14-12(17-2)9-6-10-16-14/h6,9-11,13,15H,3-5,7-8H2,1-2H3. The zero-order valence-electron chi connectivity index (χ0n) is 10.8. The summed E-state index contributed by atoms with van der Waals surface area (Å²) >= 11 is 0. The van der Waals surface area contributed by atoms with Crippen molar-refractivity contribution in [2.24, 2.45) is 5.92 Å². The zero-order chi connectivity index (χ0) is 12.1. The molecule has 1 fully saturated rings. The minimum absolute atomic E-state index is 0.325. The van der Waals surface area contributed by atoms with Crippen LogP contribution < -0.4 is 10.1 Å². The molecule has 1 aliphatic carbocycles. The number of nitrogens with one attached hydrogen (secondary N) is 1. The lowest BCUT2D eigenvalue weighted by Gasteiger charge is -2.30. The molecule has 3 heteroatoms. The highest BCUT2D eigenvalue weighted by atomic mass is 16.5. The van der Waals surface area contributed by atoms with Crippen molar-refractivity contribution in [3.8, 4) is 5.75 Å². The van der Waals surface area contributed by atoms with Crippen LogP contribution in [0.2, 0.25) is 0 Å². The Labute approximate surface area is 104 Å². The van der Waals surface area contributed by atoms with Gasteiger partial charge in [0.15, 0.2) is 0 Å². The Morgan fingerprint density at radius 2 is 2.12 bits per heavy atom. The van der Waals surface area contributed by atoms with E-state index in [1.807, 2.05) is 25.4 Å². The summed E-state index contributed by atoms with van der Waals surface area (Å²) in [6.45, 7) is 0. The van der Waals surface area contributed by atoms with Crippen LogP contribution in [0.15, 0.2) is 18.3 Å². The Balaban J connectivity index is 2.21. The van der Waals surface area contributed by atoms with E-state index in [0.717, 1.165) is 11.4 Å². The van der Waals surface area contributed by atoms with Gasteiger partial charge in [-0.1, -0.05) is 19.3 Å². The second-order valence-electron chi connectivity index (χ2n) is 4.76. The number of hydrogen-bond acceptors (Lipinski definition) is 3. The molecule has 0 spiro atoms. The van der Waals surface area contributed by atoms with Gasteiger partial charge in [0, 0.05) is 6.20 Å². The van der Waals surface area contributed by atoms with Gasteiger partial charge in [0.25, 0.3) is 0 Å². The van der Waals surface area contributed by atoms with Crippen LogP contribution in [0.4, 0.5) is 0 Å². The predicted octanol–water partition coefficient (Wildman–Crippen LogP) is 2.93. The minimum atomic E-state index is 0.325. The molecule has 1 atom stereocenters. The first-order chi connectivity index (χ1) is 8.36. The number of pyridine rings is 1. The quantitative estimate of drug-likeness (QED) is 0.869. The van der Waals surface area contributed by atoms with E-state index in [-0.39, 0.29) is 0 Å². The van der Waals surface area contributed by atoms with Crippen molar-refractivity contribution in [1.82, 2.24) is 10.3 Å². The maximum absolute atomic E-state index is 5.42. The molecule has 94 valence electrons. The van der Waals surface area contributed by atoms with E-state index in [9.17, 15) is 0 Å². The van der Waals surface area contributed by atoms with Gasteiger partial charge in [0.2, 0.25) is 0 Å². The monoisotopic (exact) mass is 234 g/mol. The van der Waals surface area contributed by atoms with E-state index in [2.05, 4.69) is 10.3 Å². The van der Waals surface area contributed by atoms with E-state index in [1.54, 1.807) is 7.11 Å². The third-order valence-corrected chi connectivity index (χ3v) is 3.75. The number of nitrogens with zero attached hydrogens (tertiary/aromatic N) is 1. The van der Waals surface area contributed by atoms with Gasteiger partial charge >= 0.3 is 0 Å². The molecule has 0 bridgehead atoms. The first-order valence-corrected chi connectivity index (χ1v) is 6.53. The van der Waals surface area contributed by atoms with Gasteiger partial charge in [-0.2, -0.15) is 0 Å². The molecule has 3 nitrogen and oxygen atoms in total. The summed E-state index contributed by atoms with van der Waals surface area (Å²) < 4.78 is 5.42. The fourth-order valence-corrected chi connectivity index (χ4v) is 2.87. The summed E-state index contributed by atoms with van der Waals surface area (Å²) in [5.41, 5.74) is 1.06. The van der Waals surface area contributed by atoms with Gasteiger partial charge in [-0.3, -0.25) is 4.98 Å². The lowest BCUT2D eigenvalue weighted by molar-refractivity contribution is 0.271. The maximum Gasteiger partial charge on any atom is 0.141 e. The normalized spacial score (nSPS) is 18.9. The number of rotatable bonds is 4. The average molecular weight is 234 g/mol. The molecule has 0 amide bonds. The molecule has 0 aromatic carbocycles. The number of methoxy groups -OCH3 is 1.